The fraction of sp³-hybridized carbons (Fsp3) is 0.286. The molecule has 2 heterocycles. The van der Waals surface area contributed by atoms with Gasteiger partial charge in [0.25, 0.3) is 12.0 Å². The van der Waals surface area contributed by atoms with Crippen LogP contribution in [-0.2, 0) is 0 Å². The molecule has 0 saturated carbocycles. The number of hydrogen-bond donors (Lipinski definition) is 1. The molecule has 0 radical (unpaired) electrons. The average molecular weight is 294 g/mol. The number of hydrogen-bond acceptors (Lipinski definition) is 4. The van der Waals surface area contributed by atoms with E-state index in [0.29, 0.717) is 5.69 Å². The highest BCUT2D eigenvalue weighted by Gasteiger charge is 2.36. The van der Waals surface area contributed by atoms with Gasteiger partial charge in [-0.3, -0.25) is 9.79 Å². The van der Waals surface area contributed by atoms with E-state index in [4.69, 9.17) is 4.74 Å². The molecule has 7 heteroatoms. The van der Waals surface area contributed by atoms with Crippen LogP contribution in [0.25, 0.3) is 0 Å². The van der Waals surface area contributed by atoms with E-state index in [-0.39, 0.29) is 35.6 Å². The summed E-state index contributed by atoms with van der Waals surface area (Å²) in [5.41, 5.74) is 0.483. The third kappa shape index (κ3) is 2.14. The summed E-state index contributed by atoms with van der Waals surface area (Å²) in [6.07, 6.45) is -0.201. The van der Waals surface area contributed by atoms with E-state index >= 15 is 0 Å². The summed E-state index contributed by atoms with van der Waals surface area (Å²) in [7, 11) is 1.36. The Labute approximate surface area is 119 Å². The van der Waals surface area contributed by atoms with Crippen molar-refractivity contribution in [1.82, 2.24) is 4.90 Å². The quantitative estimate of drug-likeness (QED) is 0.865. The molecule has 1 atom stereocenters. The molecule has 0 aromatic heterocycles. The lowest BCUT2D eigenvalue weighted by atomic mass is 10.1. The molecule has 2 aliphatic heterocycles. The zero-order valence-corrected chi connectivity index (χ0v) is 11.1. The summed E-state index contributed by atoms with van der Waals surface area (Å²) in [5, 5.41) is 9.73. The van der Waals surface area contributed by atoms with Gasteiger partial charge in [-0.1, -0.05) is 0 Å². The summed E-state index contributed by atoms with van der Waals surface area (Å²) in [5.74, 6) is -0.386. The molecule has 110 valence electrons. The van der Waals surface area contributed by atoms with Crippen LogP contribution in [0, 0.1) is 0 Å². The molecule has 1 N–H and O–H groups in total. The molecule has 1 fully saturated rings. The number of phenolic OH excluding ortho intramolecular Hbond substituents is 1. The van der Waals surface area contributed by atoms with Crippen molar-refractivity contribution in [3.8, 4) is 11.5 Å². The molecular formula is C14H12F2N2O3. The number of aliphatic imine (C=N–C) groups is 1. The maximum Gasteiger partial charge on any atom is 0.271 e. The van der Waals surface area contributed by atoms with Gasteiger partial charge in [0, 0.05) is 30.8 Å². The summed E-state index contributed by atoms with van der Waals surface area (Å²) >= 11 is 0. The van der Waals surface area contributed by atoms with Gasteiger partial charge in [-0.25, -0.2) is 0 Å². The number of methoxy groups -OCH3 is 1. The highest BCUT2D eigenvalue weighted by atomic mass is 19.3. The Balaban J connectivity index is 2.06. The van der Waals surface area contributed by atoms with Crippen LogP contribution in [0.4, 0.5) is 14.5 Å². The largest absolute Gasteiger partial charge is 0.504 e. The van der Waals surface area contributed by atoms with Crippen molar-refractivity contribution >= 4 is 17.8 Å². The molecule has 1 saturated heterocycles. The predicted molar refractivity (Wildman–Crippen MR) is 71.5 cm³/mol. The number of nitrogens with zero attached hydrogens (tertiary/aromatic N) is 2. The smallest absolute Gasteiger partial charge is 0.271 e. The monoisotopic (exact) mass is 294 g/mol. The lowest BCUT2D eigenvalue weighted by molar-refractivity contribution is 0.0777. The summed E-state index contributed by atoms with van der Waals surface area (Å²) < 4.78 is 30.4. The second-order valence-electron chi connectivity index (χ2n) is 4.89. The number of carbonyl (C=O) groups is 1. The minimum absolute atomic E-state index is 0.0472. The standard InChI is InChI=1S/C14H12F2N2O3/c1-21-12-3-9-10(4-11(12)19)17-5-8-2-7(13(15)16)6-18(8)14(9)20/h3-5,8,19H,2,6H2,1H3/t8-/m0/s1. The van der Waals surface area contributed by atoms with Gasteiger partial charge >= 0.3 is 0 Å². The van der Waals surface area contributed by atoms with Gasteiger partial charge in [0.2, 0.25) is 0 Å². The van der Waals surface area contributed by atoms with Crippen LogP contribution in [0.1, 0.15) is 16.8 Å². The highest BCUT2D eigenvalue weighted by Crippen LogP contribution is 2.38. The predicted octanol–water partition coefficient (Wildman–Crippen LogP) is 2.48. The first-order valence-corrected chi connectivity index (χ1v) is 6.30. The maximum atomic E-state index is 12.7. The SMILES string of the molecule is COc1cc2c(cc1O)N=C[C@@H]1CC(=C(F)F)CN1C2=O. The van der Waals surface area contributed by atoms with Crippen LogP contribution in [0.15, 0.2) is 28.8 Å². The van der Waals surface area contributed by atoms with E-state index in [1.165, 1.54) is 30.4 Å². The number of benzene rings is 1. The van der Waals surface area contributed by atoms with Gasteiger partial charge in [0.15, 0.2) is 11.5 Å². The first-order valence-electron chi connectivity index (χ1n) is 6.30. The van der Waals surface area contributed by atoms with E-state index in [1.807, 2.05) is 0 Å². The third-order valence-electron chi connectivity index (χ3n) is 3.66. The van der Waals surface area contributed by atoms with Gasteiger partial charge in [-0.2, -0.15) is 8.78 Å². The van der Waals surface area contributed by atoms with Crippen LogP contribution < -0.4 is 4.74 Å². The van der Waals surface area contributed by atoms with Gasteiger partial charge in [0.05, 0.1) is 24.4 Å². The van der Waals surface area contributed by atoms with Crippen LogP contribution in [-0.4, -0.2) is 41.8 Å². The Kier molecular flexibility index (Phi) is 3.12. The fourth-order valence-corrected chi connectivity index (χ4v) is 2.56. The Morgan fingerprint density at radius 2 is 2.24 bits per heavy atom. The number of rotatable bonds is 1. The third-order valence-corrected chi connectivity index (χ3v) is 3.66. The van der Waals surface area contributed by atoms with Crippen molar-refractivity contribution in [3.05, 3.63) is 29.3 Å². The Morgan fingerprint density at radius 3 is 2.90 bits per heavy atom. The molecule has 1 amide bonds. The van der Waals surface area contributed by atoms with Crippen molar-refractivity contribution < 1.29 is 23.4 Å². The fourth-order valence-electron chi connectivity index (χ4n) is 2.56. The number of phenols is 1. The number of amides is 1. The number of fused-ring (bicyclic) bond motifs is 2. The van der Waals surface area contributed by atoms with Crippen molar-refractivity contribution in [2.24, 2.45) is 4.99 Å². The van der Waals surface area contributed by atoms with Crippen molar-refractivity contribution in [2.75, 3.05) is 13.7 Å². The van der Waals surface area contributed by atoms with E-state index in [2.05, 4.69) is 4.99 Å². The van der Waals surface area contributed by atoms with Gasteiger partial charge in [-0.15, -0.1) is 0 Å². The molecule has 21 heavy (non-hydrogen) atoms. The van der Waals surface area contributed by atoms with Crippen LogP contribution in [0.3, 0.4) is 0 Å². The number of ether oxygens (including phenoxy) is 1. The van der Waals surface area contributed by atoms with Gasteiger partial charge in [-0.05, 0) is 6.07 Å². The molecule has 0 aliphatic carbocycles. The summed E-state index contributed by atoms with van der Waals surface area (Å²) in [4.78, 5) is 18.0. The summed E-state index contributed by atoms with van der Waals surface area (Å²) in [6, 6.07) is 2.21. The molecule has 1 aromatic carbocycles. The van der Waals surface area contributed by atoms with Crippen LogP contribution in [0.5, 0.6) is 11.5 Å². The molecular weight excluding hydrogens is 282 g/mol. The van der Waals surface area contributed by atoms with E-state index < -0.39 is 18.0 Å². The molecule has 3 rings (SSSR count). The van der Waals surface area contributed by atoms with E-state index in [1.54, 1.807) is 0 Å². The first kappa shape index (κ1) is 13.5. The second-order valence-corrected chi connectivity index (χ2v) is 4.89. The van der Waals surface area contributed by atoms with E-state index in [9.17, 15) is 18.7 Å². The molecule has 1 aromatic rings. The molecule has 5 nitrogen and oxygen atoms in total. The normalized spacial score (nSPS) is 20.1. The topological polar surface area (TPSA) is 62.1 Å². The zero-order valence-electron chi connectivity index (χ0n) is 11.1. The van der Waals surface area contributed by atoms with Gasteiger partial charge in [0.1, 0.15) is 0 Å². The first-order chi connectivity index (χ1) is 10.0. The number of aromatic hydroxyl groups is 1. The average Bonchev–Trinajstić information content (AvgIpc) is 2.84. The number of carbonyl (C=O) groups excluding carboxylic acids is 1. The second kappa shape index (κ2) is 4.83. The van der Waals surface area contributed by atoms with Gasteiger partial charge < -0.3 is 14.7 Å². The van der Waals surface area contributed by atoms with Crippen molar-refractivity contribution in [1.29, 1.82) is 0 Å². The Morgan fingerprint density at radius 1 is 1.48 bits per heavy atom. The zero-order chi connectivity index (χ0) is 15.1. The minimum atomic E-state index is -1.74. The lowest BCUT2D eigenvalue weighted by Crippen LogP contribution is -2.35. The van der Waals surface area contributed by atoms with E-state index in [0.717, 1.165) is 0 Å². The van der Waals surface area contributed by atoms with Crippen molar-refractivity contribution in [3.63, 3.8) is 0 Å². The molecule has 2 aliphatic rings. The summed E-state index contributed by atoms with van der Waals surface area (Å²) in [6.45, 7) is -0.111. The molecule has 0 bridgehead atoms. The van der Waals surface area contributed by atoms with Crippen LogP contribution >= 0.6 is 0 Å². The number of halogens is 2. The minimum Gasteiger partial charge on any atom is -0.504 e. The highest BCUT2D eigenvalue weighted by molar-refractivity contribution is 6.03. The van der Waals surface area contributed by atoms with Crippen LogP contribution in [0.2, 0.25) is 0 Å². The van der Waals surface area contributed by atoms with Crippen molar-refractivity contribution in [2.45, 2.75) is 12.5 Å². The Hall–Kier alpha value is -2.44. The Bertz CT molecular complexity index is 681. The lowest BCUT2D eigenvalue weighted by Gasteiger charge is -2.19. The molecule has 0 spiro atoms. The molecule has 0 unspecified atom stereocenters. The maximum absolute atomic E-state index is 12.7.